The number of methoxy groups -OCH3 is 1. The van der Waals surface area contributed by atoms with E-state index < -0.39 is 0 Å². The van der Waals surface area contributed by atoms with Crippen LogP contribution >= 0.6 is 12.2 Å². The van der Waals surface area contributed by atoms with Crippen molar-refractivity contribution < 1.29 is 9.53 Å². The van der Waals surface area contributed by atoms with Crippen LogP contribution in [-0.2, 0) is 0 Å². The first kappa shape index (κ1) is 15.6. The number of pyridine rings is 1. The molecule has 1 amide bonds. The second-order valence-corrected chi connectivity index (χ2v) is 5.77. The molecule has 1 aliphatic heterocycles. The number of para-hydroxylation sites is 2. The number of carbonyl (C=O) groups excluding carboxylic acids is 1. The van der Waals surface area contributed by atoms with Crippen molar-refractivity contribution >= 4 is 23.8 Å². The second kappa shape index (κ2) is 6.83. The van der Waals surface area contributed by atoms with E-state index in [1.807, 2.05) is 29.2 Å². The zero-order chi connectivity index (χ0) is 16.2. The highest BCUT2D eigenvalue weighted by Crippen LogP contribution is 2.28. The Morgan fingerprint density at radius 3 is 2.57 bits per heavy atom. The van der Waals surface area contributed by atoms with Crippen LogP contribution in [0.15, 0.2) is 42.6 Å². The molecule has 23 heavy (non-hydrogen) atoms. The summed E-state index contributed by atoms with van der Waals surface area (Å²) in [6, 6.07) is 11.5. The highest BCUT2D eigenvalue weighted by molar-refractivity contribution is 7.71. The molecule has 1 aliphatic rings. The first-order valence-electron chi connectivity index (χ1n) is 7.55. The molecule has 5 nitrogen and oxygen atoms in total. The highest BCUT2D eigenvalue weighted by atomic mass is 32.1. The lowest BCUT2D eigenvalue weighted by Crippen LogP contribution is -2.49. The fourth-order valence-corrected chi connectivity index (χ4v) is 3.03. The van der Waals surface area contributed by atoms with Gasteiger partial charge in [-0.25, -0.2) is 0 Å². The number of nitrogens with zero attached hydrogens (tertiary/aromatic N) is 2. The Bertz CT molecular complexity index is 751. The van der Waals surface area contributed by atoms with Gasteiger partial charge >= 0.3 is 0 Å². The normalized spacial score (nSPS) is 14.7. The van der Waals surface area contributed by atoms with Gasteiger partial charge in [-0.1, -0.05) is 24.4 Å². The van der Waals surface area contributed by atoms with Crippen LogP contribution in [0.2, 0.25) is 0 Å². The topological polar surface area (TPSA) is 48.6 Å². The maximum atomic E-state index is 12.6. The third-order valence-corrected chi connectivity index (χ3v) is 4.38. The van der Waals surface area contributed by atoms with Crippen molar-refractivity contribution in [2.75, 3.05) is 38.2 Å². The minimum atomic E-state index is -0.00785. The van der Waals surface area contributed by atoms with Gasteiger partial charge in [-0.15, -0.1) is 0 Å². The largest absolute Gasteiger partial charge is 0.495 e. The summed E-state index contributed by atoms with van der Waals surface area (Å²) in [6.07, 6.45) is 1.73. The molecule has 0 spiro atoms. The van der Waals surface area contributed by atoms with E-state index in [4.69, 9.17) is 17.0 Å². The number of anilines is 1. The number of ether oxygens (including phenoxy) is 1. The van der Waals surface area contributed by atoms with Gasteiger partial charge in [0.1, 0.15) is 10.4 Å². The van der Waals surface area contributed by atoms with Gasteiger partial charge in [-0.3, -0.25) is 4.79 Å². The van der Waals surface area contributed by atoms with Gasteiger partial charge in [-0.2, -0.15) is 0 Å². The minimum Gasteiger partial charge on any atom is -0.495 e. The summed E-state index contributed by atoms with van der Waals surface area (Å²) >= 11 is 5.20. The van der Waals surface area contributed by atoms with Crippen molar-refractivity contribution in [3.8, 4) is 5.75 Å². The molecule has 0 saturated carbocycles. The van der Waals surface area contributed by atoms with E-state index in [1.54, 1.807) is 25.4 Å². The number of hydrogen-bond donors (Lipinski definition) is 1. The molecule has 2 heterocycles. The third-order valence-electron chi connectivity index (χ3n) is 4.04. The van der Waals surface area contributed by atoms with Crippen molar-refractivity contribution in [1.82, 2.24) is 9.88 Å². The molecule has 0 aliphatic carbocycles. The number of rotatable bonds is 3. The number of hydrogen-bond acceptors (Lipinski definition) is 4. The second-order valence-electron chi connectivity index (χ2n) is 5.36. The third kappa shape index (κ3) is 3.22. The Morgan fingerprint density at radius 2 is 1.87 bits per heavy atom. The lowest BCUT2D eigenvalue weighted by atomic mass is 10.2. The van der Waals surface area contributed by atoms with Crippen LogP contribution in [-0.4, -0.2) is 49.1 Å². The Kier molecular flexibility index (Phi) is 4.62. The molecule has 1 aromatic heterocycles. The van der Waals surface area contributed by atoms with Gasteiger partial charge in [0.25, 0.3) is 5.91 Å². The summed E-state index contributed by atoms with van der Waals surface area (Å²) in [5, 5.41) is 0. The zero-order valence-corrected chi connectivity index (χ0v) is 13.8. The maximum Gasteiger partial charge on any atom is 0.256 e. The minimum absolute atomic E-state index is 0.00785. The molecular formula is C17H19N3O2S. The van der Waals surface area contributed by atoms with E-state index in [2.05, 4.69) is 9.88 Å². The first-order chi connectivity index (χ1) is 11.2. The summed E-state index contributed by atoms with van der Waals surface area (Å²) in [5.74, 6) is 0.851. The van der Waals surface area contributed by atoms with E-state index in [0.717, 1.165) is 24.5 Å². The molecule has 3 rings (SSSR count). The smallest absolute Gasteiger partial charge is 0.256 e. The number of aromatic nitrogens is 1. The predicted molar refractivity (Wildman–Crippen MR) is 92.7 cm³/mol. The van der Waals surface area contributed by atoms with E-state index >= 15 is 0 Å². The quantitative estimate of drug-likeness (QED) is 0.880. The lowest BCUT2D eigenvalue weighted by molar-refractivity contribution is 0.0745. The average molecular weight is 329 g/mol. The number of amides is 1. The highest BCUT2D eigenvalue weighted by Gasteiger charge is 2.24. The lowest BCUT2D eigenvalue weighted by Gasteiger charge is -2.36. The van der Waals surface area contributed by atoms with Crippen LogP contribution in [0.4, 0.5) is 5.69 Å². The number of piperazine rings is 1. The molecule has 0 atom stereocenters. The van der Waals surface area contributed by atoms with Gasteiger partial charge < -0.3 is 19.5 Å². The molecule has 0 unspecified atom stereocenters. The number of carbonyl (C=O) groups is 1. The summed E-state index contributed by atoms with van der Waals surface area (Å²) < 4.78 is 5.91. The zero-order valence-electron chi connectivity index (χ0n) is 13.0. The number of H-pyrrole nitrogens is 1. The Morgan fingerprint density at radius 1 is 1.13 bits per heavy atom. The molecule has 0 bridgehead atoms. The summed E-state index contributed by atoms with van der Waals surface area (Å²) in [5.41, 5.74) is 1.63. The van der Waals surface area contributed by atoms with Crippen LogP contribution in [0, 0.1) is 4.64 Å². The van der Waals surface area contributed by atoms with Crippen molar-refractivity contribution in [1.29, 1.82) is 0 Å². The van der Waals surface area contributed by atoms with Gasteiger partial charge in [0.2, 0.25) is 0 Å². The number of benzene rings is 1. The Balaban J connectivity index is 1.70. The van der Waals surface area contributed by atoms with Crippen LogP contribution in [0.3, 0.4) is 0 Å². The van der Waals surface area contributed by atoms with Crippen LogP contribution in [0.5, 0.6) is 5.75 Å². The standard InChI is InChI=1S/C17H19N3O2S/c1-22-15-7-3-2-6-14(15)19-9-11-20(12-10-19)17(21)13-5-4-8-18-16(13)23/h2-8H,9-12H2,1H3,(H,18,23). The fourth-order valence-electron chi connectivity index (χ4n) is 2.80. The predicted octanol–water partition coefficient (Wildman–Crippen LogP) is 2.72. The van der Waals surface area contributed by atoms with Crippen molar-refractivity contribution in [3.63, 3.8) is 0 Å². The molecule has 1 N–H and O–H groups in total. The van der Waals surface area contributed by atoms with E-state index in [0.29, 0.717) is 23.3 Å². The van der Waals surface area contributed by atoms with E-state index in [9.17, 15) is 4.79 Å². The van der Waals surface area contributed by atoms with E-state index in [1.165, 1.54) is 0 Å². The number of aromatic amines is 1. The molecule has 1 saturated heterocycles. The SMILES string of the molecule is COc1ccccc1N1CCN(C(=O)c2ccc[nH]c2=S)CC1. The molecule has 1 fully saturated rings. The molecular weight excluding hydrogens is 310 g/mol. The first-order valence-corrected chi connectivity index (χ1v) is 7.96. The van der Waals surface area contributed by atoms with E-state index in [-0.39, 0.29) is 5.91 Å². The Labute approximate surface area is 140 Å². The van der Waals surface area contributed by atoms with Crippen LogP contribution in [0.25, 0.3) is 0 Å². The van der Waals surface area contributed by atoms with Gasteiger partial charge in [0.05, 0.1) is 18.4 Å². The summed E-state index contributed by atoms with van der Waals surface area (Å²) in [4.78, 5) is 19.6. The van der Waals surface area contributed by atoms with Gasteiger partial charge in [-0.05, 0) is 24.3 Å². The molecule has 6 heteroatoms. The van der Waals surface area contributed by atoms with Crippen LogP contribution < -0.4 is 9.64 Å². The van der Waals surface area contributed by atoms with Crippen molar-refractivity contribution in [3.05, 3.63) is 52.8 Å². The maximum absolute atomic E-state index is 12.6. The molecule has 1 aromatic carbocycles. The molecule has 2 aromatic rings. The van der Waals surface area contributed by atoms with Crippen LogP contribution in [0.1, 0.15) is 10.4 Å². The molecule has 0 radical (unpaired) electrons. The Hall–Kier alpha value is -2.34. The molecule has 120 valence electrons. The summed E-state index contributed by atoms with van der Waals surface area (Å²) in [6.45, 7) is 2.88. The van der Waals surface area contributed by atoms with Crippen molar-refractivity contribution in [2.45, 2.75) is 0 Å². The van der Waals surface area contributed by atoms with Gasteiger partial charge in [0, 0.05) is 32.4 Å². The van der Waals surface area contributed by atoms with Gasteiger partial charge in [0.15, 0.2) is 0 Å². The van der Waals surface area contributed by atoms with Crippen molar-refractivity contribution in [2.24, 2.45) is 0 Å². The number of nitrogens with one attached hydrogen (secondary N) is 1. The average Bonchev–Trinajstić information content (AvgIpc) is 2.61. The monoisotopic (exact) mass is 329 g/mol. The summed E-state index contributed by atoms with van der Waals surface area (Å²) in [7, 11) is 1.68. The fraction of sp³-hybridized carbons (Fsp3) is 0.294.